The molecule has 0 aliphatic rings. The number of carbonyl (C=O) groups is 2. The maximum Gasteiger partial charge on any atom is 0.161 e. The van der Waals surface area contributed by atoms with Crippen LogP contribution in [0.5, 0.6) is 11.5 Å². The zero-order valence-electron chi connectivity index (χ0n) is 9.14. The van der Waals surface area contributed by atoms with Crippen LogP contribution in [0.1, 0.15) is 23.2 Å². The van der Waals surface area contributed by atoms with E-state index in [1.165, 1.54) is 7.11 Å². The molecule has 0 saturated carbocycles. The number of benzene rings is 1. The molecule has 0 aromatic heterocycles. The van der Waals surface area contributed by atoms with Crippen molar-refractivity contribution in [3.8, 4) is 11.5 Å². The van der Waals surface area contributed by atoms with E-state index >= 15 is 0 Å². The summed E-state index contributed by atoms with van der Waals surface area (Å²) in [6.07, 6.45) is 2.72. The van der Waals surface area contributed by atoms with Crippen molar-refractivity contribution in [1.82, 2.24) is 0 Å². The van der Waals surface area contributed by atoms with Gasteiger partial charge in [0, 0.05) is 12.0 Å². The Bertz CT molecular complexity index is 360. The molecule has 0 spiro atoms. The van der Waals surface area contributed by atoms with Crippen LogP contribution >= 0.6 is 0 Å². The van der Waals surface area contributed by atoms with Crippen molar-refractivity contribution in [1.29, 1.82) is 0 Å². The van der Waals surface area contributed by atoms with Gasteiger partial charge in [-0.15, -0.1) is 0 Å². The molecule has 1 aromatic rings. The number of methoxy groups -OCH3 is 1. The smallest absolute Gasteiger partial charge is 0.161 e. The van der Waals surface area contributed by atoms with E-state index in [4.69, 9.17) is 9.47 Å². The lowest BCUT2D eigenvalue weighted by molar-refractivity contribution is -0.108. The minimum atomic E-state index is 0.428. The summed E-state index contributed by atoms with van der Waals surface area (Å²) in [6.45, 7) is 0.428. The van der Waals surface area contributed by atoms with Crippen molar-refractivity contribution < 1.29 is 19.1 Å². The van der Waals surface area contributed by atoms with Gasteiger partial charge in [0.1, 0.15) is 12.6 Å². The van der Waals surface area contributed by atoms with Gasteiger partial charge in [-0.1, -0.05) is 0 Å². The molecule has 0 N–H and O–H groups in total. The number of rotatable bonds is 7. The number of hydrogen-bond acceptors (Lipinski definition) is 4. The van der Waals surface area contributed by atoms with Gasteiger partial charge >= 0.3 is 0 Å². The predicted octanol–water partition coefficient (Wildman–Crippen LogP) is 1.87. The summed E-state index contributed by atoms with van der Waals surface area (Å²) in [5.41, 5.74) is 0.534. The molecule has 0 heterocycles. The highest BCUT2D eigenvalue weighted by Crippen LogP contribution is 2.27. The summed E-state index contributed by atoms with van der Waals surface area (Å²) in [7, 11) is 1.54. The molecule has 1 rings (SSSR count). The molecule has 4 nitrogen and oxygen atoms in total. The van der Waals surface area contributed by atoms with Crippen molar-refractivity contribution in [2.24, 2.45) is 0 Å². The second-order valence-electron chi connectivity index (χ2n) is 3.19. The average Bonchev–Trinajstić information content (AvgIpc) is 2.34. The van der Waals surface area contributed by atoms with Gasteiger partial charge in [0.2, 0.25) is 0 Å². The van der Waals surface area contributed by atoms with E-state index in [9.17, 15) is 9.59 Å². The summed E-state index contributed by atoms with van der Waals surface area (Å²) in [6, 6.07) is 4.95. The zero-order chi connectivity index (χ0) is 11.8. The molecule has 0 bridgehead atoms. The first-order valence-corrected chi connectivity index (χ1v) is 5.01. The van der Waals surface area contributed by atoms with Crippen LogP contribution in [0.3, 0.4) is 0 Å². The molecule has 0 unspecified atom stereocenters. The van der Waals surface area contributed by atoms with Gasteiger partial charge in [0.05, 0.1) is 13.7 Å². The molecule has 0 atom stereocenters. The molecule has 0 radical (unpaired) electrons. The van der Waals surface area contributed by atoms with E-state index in [1.807, 2.05) is 0 Å². The van der Waals surface area contributed by atoms with Crippen LogP contribution in [0.4, 0.5) is 0 Å². The van der Waals surface area contributed by atoms with Crippen molar-refractivity contribution in [3.05, 3.63) is 23.8 Å². The zero-order valence-corrected chi connectivity index (χ0v) is 9.14. The fourth-order valence-corrected chi connectivity index (χ4v) is 1.23. The van der Waals surface area contributed by atoms with Gasteiger partial charge in [0.15, 0.2) is 11.5 Å². The Hall–Kier alpha value is -1.84. The quantitative estimate of drug-likeness (QED) is 0.522. The van der Waals surface area contributed by atoms with E-state index in [-0.39, 0.29) is 0 Å². The number of aldehydes is 2. The second-order valence-corrected chi connectivity index (χ2v) is 3.19. The number of hydrogen-bond donors (Lipinski definition) is 0. The highest BCUT2D eigenvalue weighted by atomic mass is 16.5. The maximum atomic E-state index is 10.6. The van der Waals surface area contributed by atoms with Gasteiger partial charge in [-0.25, -0.2) is 0 Å². The topological polar surface area (TPSA) is 52.6 Å². The Morgan fingerprint density at radius 1 is 1.25 bits per heavy atom. The Morgan fingerprint density at radius 2 is 2.06 bits per heavy atom. The molecule has 0 amide bonds. The minimum absolute atomic E-state index is 0.428. The van der Waals surface area contributed by atoms with Gasteiger partial charge in [-0.05, 0) is 24.6 Å². The molecular weight excluding hydrogens is 208 g/mol. The van der Waals surface area contributed by atoms with Crippen LogP contribution < -0.4 is 9.47 Å². The first-order valence-electron chi connectivity index (χ1n) is 5.01. The number of carbonyl (C=O) groups excluding carboxylic acids is 2. The maximum absolute atomic E-state index is 10.6. The normalized spacial score (nSPS) is 9.56. The summed E-state index contributed by atoms with van der Waals surface area (Å²) in [5, 5.41) is 0. The Labute approximate surface area is 94.2 Å². The van der Waals surface area contributed by atoms with Crippen LogP contribution in [0.25, 0.3) is 0 Å². The van der Waals surface area contributed by atoms with Crippen molar-refractivity contribution in [3.63, 3.8) is 0 Å². The third kappa shape index (κ3) is 3.38. The highest BCUT2D eigenvalue weighted by Gasteiger charge is 2.05. The number of ether oxygens (including phenoxy) is 2. The highest BCUT2D eigenvalue weighted by molar-refractivity contribution is 5.76. The van der Waals surface area contributed by atoms with Gasteiger partial charge < -0.3 is 14.3 Å². The largest absolute Gasteiger partial charge is 0.493 e. The molecule has 1 aromatic carbocycles. The van der Waals surface area contributed by atoms with Crippen molar-refractivity contribution >= 4 is 12.6 Å². The fourth-order valence-electron chi connectivity index (χ4n) is 1.23. The van der Waals surface area contributed by atoms with E-state index < -0.39 is 0 Å². The monoisotopic (exact) mass is 222 g/mol. The van der Waals surface area contributed by atoms with Crippen molar-refractivity contribution in [2.45, 2.75) is 12.8 Å². The molecule has 16 heavy (non-hydrogen) atoms. The van der Waals surface area contributed by atoms with Crippen LogP contribution in [0.2, 0.25) is 0 Å². The molecular formula is C12H14O4. The standard InChI is InChI=1S/C12H14O4/c1-15-11-5-4-10(9-14)8-12(11)16-7-3-2-6-13/h4-6,8-9H,2-3,7H2,1H3. The molecule has 0 fully saturated rings. The summed E-state index contributed by atoms with van der Waals surface area (Å²) >= 11 is 0. The fraction of sp³-hybridized carbons (Fsp3) is 0.333. The van der Waals surface area contributed by atoms with Crippen LogP contribution in [0, 0.1) is 0 Å². The molecule has 86 valence electrons. The lowest BCUT2D eigenvalue weighted by atomic mass is 10.2. The number of unbranched alkanes of at least 4 members (excludes halogenated alkanes) is 1. The van der Waals surface area contributed by atoms with Gasteiger partial charge in [0.25, 0.3) is 0 Å². The molecule has 0 aliphatic heterocycles. The van der Waals surface area contributed by atoms with E-state index in [2.05, 4.69) is 0 Å². The lowest BCUT2D eigenvalue weighted by Gasteiger charge is -2.10. The Balaban J connectivity index is 2.67. The minimum Gasteiger partial charge on any atom is -0.493 e. The van der Waals surface area contributed by atoms with Crippen LogP contribution in [-0.4, -0.2) is 26.3 Å². The molecule has 0 aliphatic carbocycles. The Morgan fingerprint density at radius 3 is 2.69 bits per heavy atom. The van der Waals surface area contributed by atoms with E-state index in [1.54, 1.807) is 18.2 Å². The van der Waals surface area contributed by atoms with Gasteiger partial charge in [-0.3, -0.25) is 4.79 Å². The Kier molecular flexibility index (Phi) is 5.05. The van der Waals surface area contributed by atoms with Gasteiger partial charge in [-0.2, -0.15) is 0 Å². The average molecular weight is 222 g/mol. The third-order valence-electron chi connectivity index (χ3n) is 2.05. The van der Waals surface area contributed by atoms with E-state index in [0.717, 1.165) is 12.6 Å². The molecule has 4 heteroatoms. The third-order valence-corrected chi connectivity index (χ3v) is 2.05. The first kappa shape index (κ1) is 12.2. The lowest BCUT2D eigenvalue weighted by Crippen LogP contribution is -2.00. The molecule has 0 saturated heterocycles. The summed E-state index contributed by atoms with van der Waals surface area (Å²) in [4.78, 5) is 20.7. The first-order chi connectivity index (χ1) is 7.81. The van der Waals surface area contributed by atoms with Crippen molar-refractivity contribution in [2.75, 3.05) is 13.7 Å². The van der Waals surface area contributed by atoms with E-state index in [0.29, 0.717) is 36.5 Å². The predicted molar refractivity (Wildman–Crippen MR) is 59.2 cm³/mol. The van der Waals surface area contributed by atoms with Crippen LogP contribution in [-0.2, 0) is 4.79 Å². The summed E-state index contributed by atoms with van der Waals surface area (Å²) < 4.78 is 10.5. The SMILES string of the molecule is COc1ccc(C=O)cc1OCCCC=O. The second kappa shape index (κ2) is 6.61. The van der Waals surface area contributed by atoms with Crippen LogP contribution in [0.15, 0.2) is 18.2 Å². The summed E-state index contributed by atoms with van der Waals surface area (Å²) in [5.74, 6) is 1.11.